The van der Waals surface area contributed by atoms with Gasteiger partial charge in [0.1, 0.15) is 5.75 Å². The smallest absolute Gasteiger partial charge is 0.260 e. The Hall–Kier alpha value is -3.93. The van der Waals surface area contributed by atoms with Gasteiger partial charge in [0, 0.05) is 11.1 Å². The molecule has 1 heterocycles. The Bertz CT molecular complexity index is 1120. The minimum Gasteiger partial charge on any atom is -0.494 e. The van der Waals surface area contributed by atoms with Gasteiger partial charge < -0.3 is 14.6 Å². The van der Waals surface area contributed by atoms with Crippen molar-refractivity contribution in [1.29, 1.82) is 0 Å². The number of hydrogen-bond acceptors (Lipinski definition) is 5. The Morgan fingerprint density at radius 1 is 1.00 bits per heavy atom. The number of anilines is 1. The predicted octanol–water partition coefficient (Wildman–Crippen LogP) is 5.05. The molecule has 144 valence electrons. The van der Waals surface area contributed by atoms with Crippen LogP contribution in [0.1, 0.15) is 17.3 Å². The number of hydrogen-bond donors (Lipinski definition) is 1. The van der Waals surface area contributed by atoms with E-state index < -0.39 is 0 Å². The minimum absolute atomic E-state index is 0.248. The van der Waals surface area contributed by atoms with E-state index in [0.29, 0.717) is 40.9 Å². The van der Waals surface area contributed by atoms with Crippen LogP contribution in [0.25, 0.3) is 22.8 Å². The van der Waals surface area contributed by atoms with Gasteiger partial charge in [0.2, 0.25) is 5.82 Å². The topological polar surface area (TPSA) is 77.2 Å². The van der Waals surface area contributed by atoms with E-state index in [1.807, 2.05) is 61.5 Å². The van der Waals surface area contributed by atoms with Crippen molar-refractivity contribution in [2.75, 3.05) is 11.9 Å². The highest BCUT2D eigenvalue weighted by Gasteiger charge is 2.16. The first-order chi connectivity index (χ1) is 14.2. The molecule has 0 spiro atoms. The molecule has 0 aliphatic carbocycles. The van der Waals surface area contributed by atoms with Crippen molar-refractivity contribution in [3.8, 4) is 28.6 Å². The van der Waals surface area contributed by atoms with Crippen molar-refractivity contribution in [3.63, 3.8) is 0 Å². The van der Waals surface area contributed by atoms with Crippen LogP contribution < -0.4 is 10.1 Å². The second-order valence-electron chi connectivity index (χ2n) is 6.25. The van der Waals surface area contributed by atoms with Gasteiger partial charge in [0.25, 0.3) is 11.8 Å². The van der Waals surface area contributed by atoms with Crippen LogP contribution in [-0.2, 0) is 0 Å². The second kappa shape index (κ2) is 8.39. The van der Waals surface area contributed by atoms with Crippen molar-refractivity contribution >= 4 is 11.6 Å². The lowest BCUT2D eigenvalue weighted by Gasteiger charge is -2.09. The summed E-state index contributed by atoms with van der Waals surface area (Å²) in [5.41, 5.74) is 2.59. The second-order valence-corrected chi connectivity index (χ2v) is 6.25. The number of rotatable bonds is 6. The van der Waals surface area contributed by atoms with Gasteiger partial charge in [-0.15, -0.1) is 0 Å². The summed E-state index contributed by atoms with van der Waals surface area (Å²) in [6, 6.07) is 23.9. The summed E-state index contributed by atoms with van der Waals surface area (Å²) < 4.78 is 10.9. The zero-order chi connectivity index (χ0) is 20.1. The standard InChI is InChI=1S/C23H19N3O3/c1-2-28-18-12-8-11-17(15-18)22(27)24-20-14-7-6-13-19(20)23-25-21(26-29-23)16-9-4-3-5-10-16/h3-15H,2H2,1H3,(H,24,27). The average molecular weight is 385 g/mol. The molecule has 0 radical (unpaired) electrons. The fourth-order valence-corrected chi connectivity index (χ4v) is 2.90. The molecule has 3 aromatic carbocycles. The fraction of sp³-hybridized carbons (Fsp3) is 0.0870. The number of amides is 1. The molecular formula is C23H19N3O3. The first kappa shape index (κ1) is 18.4. The van der Waals surface area contributed by atoms with Gasteiger partial charge in [0.05, 0.1) is 17.9 Å². The van der Waals surface area contributed by atoms with Gasteiger partial charge in [-0.1, -0.05) is 53.7 Å². The molecule has 6 heteroatoms. The number of nitrogens with one attached hydrogen (secondary N) is 1. The normalized spacial score (nSPS) is 10.5. The van der Waals surface area contributed by atoms with Crippen LogP contribution in [0, 0.1) is 0 Å². The third-order valence-electron chi connectivity index (χ3n) is 4.27. The van der Waals surface area contributed by atoms with E-state index in [0.717, 1.165) is 5.56 Å². The zero-order valence-electron chi connectivity index (χ0n) is 15.8. The summed E-state index contributed by atoms with van der Waals surface area (Å²) in [5.74, 6) is 1.23. The number of ether oxygens (including phenoxy) is 1. The highest BCUT2D eigenvalue weighted by Crippen LogP contribution is 2.29. The molecule has 1 N–H and O–H groups in total. The van der Waals surface area contributed by atoms with E-state index in [2.05, 4.69) is 15.5 Å². The number of para-hydroxylation sites is 1. The molecule has 1 aromatic heterocycles. The number of carbonyl (C=O) groups is 1. The minimum atomic E-state index is -0.248. The number of aromatic nitrogens is 2. The zero-order valence-corrected chi connectivity index (χ0v) is 15.8. The number of nitrogens with zero attached hydrogens (tertiary/aromatic N) is 2. The average Bonchev–Trinajstić information content (AvgIpc) is 3.25. The van der Waals surface area contributed by atoms with E-state index in [1.54, 1.807) is 24.3 Å². The predicted molar refractivity (Wildman–Crippen MR) is 111 cm³/mol. The molecule has 0 saturated carbocycles. The molecule has 4 aromatic rings. The quantitative estimate of drug-likeness (QED) is 0.502. The summed E-state index contributed by atoms with van der Waals surface area (Å²) >= 11 is 0. The summed E-state index contributed by atoms with van der Waals surface area (Å²) in [5, 5.41) is 6.98. The molecular weight excluding hydrogens is 366 g/mol. The van der Waals surface area contributed by atoms with Gasteiger partial charge >= 0.3 is 0 Å². The van der Waals surface area contributed by atoms with Gasteiger partial charge in [0.15, 0.2) is 0 Å². The van der Waals surface area contributed by atoms with E-state index in [9.17, 15) is 4.79 Å². The molecule has 0 aliphatic rings. The Balaban J connectivity index is 1.60. The SMILES string of the molecule is CCOc1cccc(C(=O)Nc2ccccc2-c2nc(-c3ccccc3)no2)c1. The maximum Gasteiger partial charge on any atom is 0.260 e. The van der Waals surface area contributed by atoms with Crippen LogP contribution in [-0.4, -0.2) is 22.7 Å². The van der Waals surface area contributed by atoms with Crippen LogP contribution in [0.5, 0.6) is 5.75 Å². The Morgan fingerprint density at radius 3 is 2.62 bits per heavy atom. The largest absolute Gasteiger partial charge is 0.494 e. The van der Waals surface area contributed by atoms with E-state index in [1.165, 1.54) is 0 Å². The summed E-state index contributed by atoms with van der Waals surface area (Å²) in [6.45, 7) is 2.44. The highest BCUT2D eigenvalue weighted by molar-refractivity contribution is 6.06. The summed E-state index contributed by atoms with van der Waals surface area (Å²) in [6.07, 6.45) is 0. The van der Waals surface area contributed by atoms with E-state index in [4.69, 9.17) is 9.26 Å². The molecule has 6 nitrogen and oxygen atoms in total. The lowest BCUT2D eigenvalue weighted by atomic mass is 10.1. The third-order valence-corrected chi connectivity index (χ3v) is 4.27. The van der Waals surface area contributed by atoms with Crippen LogP contribution in [0.15, 0.2) is 83.4 Å². The van der Waals surface area contributed by atoms with Gasteiger partial charge in [-0.25, -0.2) is 0 Å². The molecule has 0 bridgehead atoms. The van der Waals surface area contributed by atoms with Gasteiger partial charge in [-0.2, -0.15) is 4.98 Å². The Morgan fingerprint density at radius 2 is 1.79 bits per heavy atom. The van der Waals surface area contributed by atoms with Gasteiger partial charge in [-0.3, -0.25) is 4.79 Å². The first-order valence-electron chi connectivity index (χ1n) is 9.27. The van der Waals surface area contributed by atoms with Crippen LogP contribution in [0.3, 0.4) is 0 Å². The molecule has 4 rings (SSSR count). The molecule has 0 atom stereocenters. The maximum absolute atomic E-state index is 12.7. The van der Waals surface area contributed by atoms with E-state index >= 15 is 0 Å². The lowest BCUT2D eigenvalue weighted by molar-refractivity contribution is 0.102. The molecule has 1 amide bonds. The van der Waals surface area contributed by atoms with Crippen LogP contribution in [0.2, 0.25) is 0 Å². The fourth-order valence-electron chi connectivity index (χ4n) is 2.90. The lowest BCUT2D eigenvalue weighted by Crippen LogP contribution is -2.12. The van der Waals surface area contributed by atoms with Crippen molar-refractivity contribution in [3.05, 3.63) is 84.4 Å². The van der Waals surface area contributed by atoms with Gasteiger partial charge in [-0.05, 0) is 37.3 Å². The van der Waals surface area contributed by atoms with Crippen molar-refractivity contribution < 1.29 is 14.1 Å². The first-order valence-corrected chi connectivity index (χ1v) is 9.27. The highest BCUT2D eigenvalue weighted by atomic mass is 16.5. The number of carbonyl (C=O) groups excluding carboxylic acids is 1. The van der Waals surface area contributed by atoms with Crippen molar-refractivity contribution in [1.82, 2.24) is 10.1 Å². The number of benzene rings is 3. The molecule has 29 heavy (non-hydrogen) atoms. The molecule has 0 saturated heterocycles. The summed E-state index contributed by atoms with van der Waals surface area (Å²) in [4.78, 5) is 17.2. The molecule has 0 aliphatic heterocycles. The molecule has 0 unspecified atom stereocenters. The van der Waals surface area contributed by atoms with E-state index in [-0.39, 0.29) is 5.91 Å². The van der Waals surface area contributed by atoms with Crippen molar-refractivity contribution in [2.24, 2.45) is 0 Å². The Labute approximate surface area is 168 Å². The van der Waals surface area contributed by atoms with Crippen LogP contribution >= 0.6 is 0 Å². The monoisotopic (exact) mass is 385 g/mol. The molecule has 0 fully saturated rings. The third kappa shape index (κ3) is 4.16. The Kier molecular flexibility index (Phi) is 5.33. The maximum atomic E-state index is 12.7. The van der Waals surface area contributed by atoms with Crippen LogP contribution in [0.4, 0.5) is 5.69 Å². The van der Waals surface area contributed by atoms with Crippen molar-refractivity contribution in [2.45, 2.75) is 6.92 Å². The summed E-state index contributed by atoms with van der Waals surface area (Å²) in [7, 11) is 0.